The standard InChI is InChI=1S/C6H5OTe/c7-5-1-3-6(8)4-2-5/h1-4,7H. The van der Waals surface area contributed by atoms with Crippen LogP contribution in [-0.4, -0.2) is 27.4 Å². The van der Waals surface area contributed by atoms with E-state index in [2.05, 4.69) is 0 Å². The van der Waals surface area contributed by atoms with Crippen molar-refractivity contribution >= 4 is 25.9 Å². The van der Waals surface area contributed by atoms with Crippen LogP contribution in [0, 0.1) is 0 Å². The van der Waals surface area contributed by atoms with E-state index in [1.807, 2.05) is 34.4 Å². The Labute approximate surface area is 61.2 Å². The topological polar surface area (TPSA) is 20.2 Å². The van der Waals surface area contributed by atoms with Crippen molar-refractivity contribution in [3.8, 4) is 5.75 Å². The van der Waals surface area contributed by atoms with E-state index < -0.39 is 0 Å². The SMILES string of the molecule is Oc1ccc([Te])cc1. The van der Waals surface area contributed by atoms with Crippen molar-refractivity contribution in [2.45, 2.75) is 0 Å². The summed E-state index contributed by atoms with van der Waals surface area (Å²) in [7, 11) is 0. The second-order valence-electron chi connectivity index (χ2n) is 1.49. The number of phenols is 1. The van der Waals surface area contributed by atoms with E-state index >= 15 is 0 Å². The molecule has 0 aliphatic heterocycles. The summed E-state index contributed by atoms with van der Waals surface area (Å²) < 4.78 is 1.18. The normalized spacial score (nSPS) is 9.00. The molecule has 41 valence electrons. The molecule has 1 aromatic rings. The Hall–Kier alpha value is -0.190. The first-order chi connectivity index (χ1) is 3.79. The zero-order valence-corrected chi connectivity index (χ0v) is 6.50. The number of rotatable bonds is 0. The van der Waals surface area contributed by atoms with E-state index in [0.29, 0.717) is 5.75 Å². The average Bonchev–Trinajstić information content (AvgIpc) is 1.77. The van der Waals surface area contributed by atoms with Crippen molar-refractivity contribution in [1.82, 2.24) is 0 Å². The van der Waals surface area contributed by atoms with Crippen LogP contribution in [0.4, 0.5) is 0 Å². The van der Waals surface area contributed by atoms with Crippen molar-refractivity contribution in [2.75, 3.05) is 0 Å². The zero-order valence-electron chi connectivity index (χ0n) is 4.16. The first-order valence-electron chi connectivity index (χ1n) is 2.25. The number of phenolic OH excluding ortho intramolecular Hbond substituents is 1. The molecule has 1 nitrogen and oxygen atoms in total. The van der Waals surface area contributed by atoms with E-state index in [-0.39, 0.29) is 0 Å². The van der Waals surface area contributed by atoms with Gasteiger partial charge in [0.2, 0.25) is 0 Å². The van der Waals surface area contributed by atoms with Crippen LogP contribution in [0.15, 0.2) is 24.3 Å². The Morgan fingerprint density at radius 1 is 1.12 bits per heavy atom. The molecule has 0 saturated heterocycles. The Balaban J connectivity index is 3.03. The van der Waals surface area contributed by atoms with Gasteiger partial charge in [0, 0.05) is 0 Å². The molecule has 0 unspecified atom stereocenters. The van der Waals surface area contributed by atoms with Gasteiger partial charge in [0.1, 0.15) is 0 Å². The van der Waals surface area contributed by atoms with Gasteiger partial charge in [0.05, 0.1) is 0 Å². The van der Waals surface area contributed by atoms with Crippen molar-refractivity contribution in [3.05, 3.63) is 24.3 Å². The van der Waals surface area contributed by atoms with E-state index in [1.54, 1.807) is 12.1 Å². The van der Waals surface area contributed by atoms with Gasteiger partial charge in [-0.1, -0.05) is 0 Å². The fourth-order valence-corrected chi connectivity index (χ4v) is 0.835. The maximum absolute atomic E-state index is 8.76. The molecule has 0 aliphatic rings. The first kappa shape index (κ1) is 5.94. The van der Waals surface area contributed by atoms with Crippen molar-refractivity contribution in [3.63, 3.8) is 0 Å². The van der Waals surface area contributed by atoms with Gasteiger partial charge in [-0.15, -0.1) is 0 Å². The van der Waals surface area contributed by atoms with Gasteiger partial charge in [-0.3, -0.25) is 0 Å². The third-order valence-electron chi connectivity index (χ3n) is 0.837. The average molecular weight is 221 g/mol. The van der Waals surface area contributed by atoms with Crippen LogP contribution in [-0.2, 0) is 0 Å². The third-order valence-corrected chi connectivity index (χ3v) is 1.61. The van der Waals surface area contributed by atoms with Crippen LogP contribution in [0.3, 0.4) is 0 Å². The molecule has 0 amide bonds. The Kier molecular flexibility index (Phi) is 1.77. The van der Waals surface area contributed by atoms with Gasteiger partial charge >= 0.3 is 61.0 Å². The predicted molar refractivity (Wildman–Crippen MR) is 33.5 cm³/mol. The second-order valence-corrected chi connectivity index (χ2v) is 2.84. The summed E-state index contributed by atoms with van der Waals surface area (Å²) in [5.41, 5.74) is 0. The Morgan fingerprint density at radius 3 is 2.00 bits per heavy atom. The first-order valence-corrected chi connectivity index (χ1v) is 3.41. The molecule has 0 fully saturated rings. The summed E-state index contributed by atoms with van der Waals surface area (Å²) in [4.78, 5) is 0. The van der Waals surface area contributed by atoms with Gasteiger partial charge in [0.15, 0.2) is 0 Å². The van der Waals surface area contributed by atoms with Crippen LogP contribution in [0.25, 0.3) is 0 Å². The van der Waals surface area contributed by atoms with Crippen molar-refractivity contribution in [1.29, 1.82) is 0 Å². The molecule has 8 heavy (non-hydrogen) atoms. The van der Waals surface area contributed by atoms with Gasteiger partial charge in [-0.05, 0) is 0 Å². The van der Waals surface area contributed by atoms with Crippen molar-refractivity contribution in [2.24, 2.45) is 0 Å². The molecule has 1 radical (unpaired) electrons. The minimum absolute atomic E-state index is 0.331. The van der Waals surface area contributed by atoms with Crippen LogP contribution < -0.4 is 3.61 Å². The summed E-state index contributed by atoms with van der Waals surface area (Å²) in [6.07, 6.45) is 0. The molecular weight excluding hydrogens is 216 g/mol. The third kappa shape index (κ3) is 1.40. The molecule has 0 aromatic heterocycles. The summed E-state index contributed by atoms with van der Waals surface area (Å²) in [6.45, 7) is 0. The van der Waals surface area contributed by atoms with Crippen LogP contribution in [0.2, 0.25) is 0 Å². The molecule has 0 aliphatic carbocycles. The summed E-state index contributed by atoms with van der Waals surface area (Å²) >= 11 is 1.92. The van der Waals surface area contributed by atoms with E-state index in [4.69, 9.17) is 5.11 Å². The monoisotopic (exact) mass is 223 g/mol. The number of aromatic hydroxyl groups is 1. The summed E-state index contributed by atoms with van der Waals surface area (Å²) in [5.74, 6) is 0.331. The Bertz CT molecular complexity index is 147. The van der Waals surface area contributed by atoms with Crippen LogP contribution in [0.1, 0.15) is 0 Å². The fraction of sp³-hybridized carbons (Fsp3) is 0. The summed E-state index contributed by atoms with van der Waals surface area (Å²) in [5, 5.41) is 8.76. The number of hydrogen-bond donors (Lipinski definition) is 1. The molecule has 0 saturated carbocycles. The quantitative estimate of drug-likeness (QED) is 0.619. The van der Waals surface area contributed by atoms with Crippen molar-refractivity contribution < 1.29 is 5.11 Å². The number of benzene rings is 1. The molecule has 1 aromatic carbocycles. The molecule has 0 bridgehead atoms. The van der Waals surface area contributed by atoms with E-state index in [1.165, 1.54) is 3.61 Å². The predicted octanol–water partition coefficient (Wildman–Crippen LogP) is 0.186. The van der Waals surface area contributed by atoms with Gasteiger partial charge < -0.3 is 0 Å². The molecule has 0 spiro atoms. The molecule has 1 rings (SSSR count). The van der Waals surface area contributed by atoms with E-state index in [0.717, 1.165) is 0 Å². The molecule has 0 atom stereocenters. The van der Waals surface area contributed by atoms with Crippen LogP contribution >= 0.6 is 0 Å². The second kappa shape index (κ2) is 2.39. The Morgan fingerprint density at radius 2 is 1.62 bits per heavy atom. The minimum atomic E-state index is 0.331. The van der Waals surface area contributed by atoms with E-state index in [9.17, 15) is 0 Å². The van der Waals surface area contributed by atoms with Gasteiger partial charge in [-0.2, -0.15) is 0 Å². The van der Waals surface area contributed by atoms with Gasteiger partial charge in [0.25, 0.3) is 0 Å². The maximum atomic E-state index is 8.76. The molecular formula is C6H5OTe. The molecule has 2 heteroatoms. The summed E-state index contributed by atoms with van der Waals surface area (Å²) in [6, 6.07) is 7.11. The van der Waals surface area contributed by atoms with Crippen LogP contribution in [0.5, 0.6) is 5.75 Å². The fourth-order valence-electron chi connectivity index (χ4n) is 0.446. The molecule has 0 heterocycles. The zero-order chi connectivity index (χ0) is 5.98. The van der Waals surface area contributed by atoms with Gasteiger partial charge in [-0.25, -0.2) is 0 Å². The molecule has 1 N–H and O–H groups in total. The number of hydrogen-bond acceptors (Lipinski definition) is 1.